The third-order valence-corrected chi connectivity index (χ3v) is 5.37. The Kier molecular flexibility index (Phi) is 6.00. The lowest BCUT2D eigenvalue weighted by atomic mass is 10.0. The molecule has 2 rings (SSSR count). The van der Waals surface area contributed by atoms with Crippen molar-refractivity contribution >= 4 is 11.3 Å². The molecule has 0 spiro atoms. The van der Waals surface area contributed by atoms with E-state index in [0.29, 0.717) is 5.92 Å². The molecule has 1 heterocycles. The molecule has 0 bridgehead atoms. The summed E-state index contributed by atoms with van der Waals surface area (Å²) < 4.78 is 0. The summed E-state index contributed by atoms with van der Waals surface area (Å²) in [7, 11) is 0. The lowest BCUT2D eigenvalue weighted by Crippen LogP contribution is -2.34. The average molecular weight is 296 g/mol. The standard InChI is InChI=1S/C16H28N2OS/c1-11(2)8-9-13(10-19)17-12(3)16-18-14-6-4-5-7-15(14)20-16/h11-13,17,19H,4-10H2,1-3H3. The number of aliphatic hydroxyl groups is 1. The molecule has 0 saturated carbocycles. The van der Waals surface area contributed by atoms with Crippen molar-refractivity contribution < 1.29 is 5.11 Å². The summed E-state index contributed by atoms with van der Waals surface area (Å²) in [5.41, 5.74) is 1.33. The van der Waals surface area contributed by atoms with Crippen LogP contribution in [0.5, 0.6) is 0 Å². The summed E-state index contributed by atoms with van der Waals surface area (Å²) in [5, 5.41) is 14.3. The summed E-state index contributed by atoms with van der Waals surface area (Å²) >= 11 is 1.87. The fraction of sp³-hybridized carbons (Fsp3) is 0.812. The van der Waals surface area contributed by atoms with Gasteiger partial charge in [-0.15, -0.1) is 11.3 Å². The van der Waals surface area contributed by atoms with E-state index in [9.17, 15) is 5.11 Å². The fourth-order valence-corrected chi connectivity index (χ4v) is 3.91. The van der Waals surface area contributed by atoms with E-state index in [1.165, 1.54) is 34.8 Å². The third-order valence-electron chi connectivity index (χ3n) is 4.03. The van der Waals surface area contributed by atoms with Crippen molar-refractivity contribution in [2.24, 2.45) is 5.92 Å². The van der Waals surface area contributed by atoms with Crippen molar-refractivity contribution in [3.8, 4) is 0 Å². The molecule has 0 amide bonds. The van der Waals surface area contributed by atoms with E-state index in [0.717, 1.165) is 19.3 Å². The Morgan fingerprint density at radius 1 is 1.20 bits per heavy atom. The van der Waals surface area contributed by atoms with Gasteiger partial charge in [0.25, 0.3) is 0 Å². The Bertz CT molecular complexity index is 393. The van der Waals surface area contributed by atoms with Gasteiger partial charge in [0, 0.05) is 10.9 Å². The highest BCUT2D eigenvalue weighted by molar-refractivity contribution is 7.11. The molecule has 1 aromatic heterocycles. The van der Waals surface area contributed by atoms with Gasteiger partial charge in [0.15, 0.2) is 0 Å². The number of rotatable bonds is 7. The van der Waals surface area contributed by atoms with Crippen LogP contribution >= 0.6 is 11.3 Å². The molecule has 2 N–H and O–H groups in total. The molecule has 0 aromatic carbocycles. The molecular formula is C16H28N2OS. The largest absolute Gasteiger partial charge is 0.395 e. The molecule has 0 aliphatic heterocycles. The van der Waals surface area contributed by atoms with Crippen LogP contribution in [-0.2, 0) is 12.8 Å². The van der Waals surface area contributed by atoms with E-state index in [1.54, 1.807) is 0 Å². The van der Waals surface area contributed by atoms with Gasteiger partial charge in [-0.25, -0.2) is 4.98 Å². The summed E-state index contributed by atoms with van der Waals surface area (Å²) in [6.07, 6.45) is 7.13. The zero-order valence-corrected chi connectivity index (χ0v) is 13.8. The van der Waals surface area contributed by atoms with Gasteiger partial charge in [0.05, 0.1) is 18.3 Å². The number of nitrogens with one attached hydrogen (secondary N) is 1. The Hall–Kier alpha value is -0.450. The van der Waals surface area contributed by atoms with Gasteiger partial charge in [0.2, 0.25) is 0 Å². The molecule has 0 radical (unpaired) electrons. The number of aryl methyl sites for hydroxylation is 2. The minimum absolute atomic E-state index is 0.188. The predicted molar refractivity (Wildman–Crippen MR) is 85.3 cm³/mol. The van der Waals surface area contributed by atoms with Crippen LogP contribution in [0.1, 0.15) is 68.1 Å². The molecule has 2 unspecified atom stereocenters. The van der Waals surface area contributed by atoms with Gasteiger partial charge >= 0.3 is 0 Å². The zero-order chi connectivity index (χ0) is 14.5. The molecule has 0 saturated heterocycles. The maximum Gasteiger partial charge on any atom is 0.110 e. The molecule has 4 heteroatoms. The fourth-order valence-electron chi connectivity index (χ4n) is 2.74. The van der Waals surface area contributed by atoms with Gasteiger partial charge in [-0.3, -0.25) is 0 Å². The number of aromatic nitrogens is 1. The molecule has 0 fully saturated rings. The molecule has 1 aliphatic rings. The molecule has 20 heavy (non-hydrogen) atoms. The van der Waals surface area contributed by atoms with Gasteiger partial charge in [-0.2, -0.15) is 0 Å². The predicted octanol–water partition coefficient (Wildman–Crippen LogP) is 3.47. The summed E-state index contributed by atoms with van der Waals surface area (Å²) in [6.45, 7) is 6.84. The third kappa shape index (κ3) is 4.27. The van der Waals surface area contributed by atoms with Crippen LogP contribution < -0.4 is 5.32 Å². The Morgan fingerprint density at radius 2 is 1.95 bits per heavy atom. The molecule has 3 nitrogen and oxygen atoms in total. The van der Waals surface area contributed by atoms with Crippen LogP contribution in [0, 0.1) is 5.92 Å². The van der Waals surface area contributed by atoms with Crippen LogP contribution in [0.4, 0.5) is 0 Å². The first-order valence-electron chi connectivity index (χ1n) is 7.95. The van der Waals surface area contributed by atoms with Gasteiger partial charge in [-0.05, 0) is 51.4 Å². The highest BCUT2D eigenvalue weighted by Crippen LogP contribution is 2.30. The number of hydrogen-bond acceptors (Lipinski definition) is 4. The molecule has 2 atom stereocenters. The average Bonchev–Trinajstić information content (AvgIpc) is 2.87. The van der Waals surface area contributed by atoms with E-state index in [-0.39, 0.29) is 18.7 Å². The molecule has 114 valence electrons. The summed E-state index contributed by atoms with van der Waals surface area (Å²) in [4.78, 5) is 6.30. The maximum absolute atomic E-state index is 9.52. The zero-order valence-electron chi connectivity index (χ0n) is 13.0. The summed E-state index contributed by atoms with van der Waals surface area (Å²) in [6, 6.07) is 0.434. The Balaban J connectivity index is 1.92. The monoisotopic (exact) mass is 296 g/mol. The smallest absolute Gasteiger partial charge is 0.110 e. The number of hydrogen-bond donors (Lipinski definition) is 2. The van der Waals surface area contributed by atoms with Crippen LogP contribution in [-0.4, -0.2) is 22.7 Å². The first-order valence-corrected chi connectivity index (χ1v) is 8.77. The van der Waals surface area contributed by atoms with Crippen LogP contribution in [0.3, 0.4) is 0 Å². The van der Waals surface area contributed by atoms with Crippen molar-refractivity contribution in [2.45, 2.75) is 71.4 Å². The van der Waals surface area contributed by atoms with E-state index in [4.69, 9.17) is 4.98 Å². The number of fused-ring (bicyclic) bond motifs is 1. The van der Waals surface area contributed by atoms with Crippen molar-refractivity contribution in [3.63, 3.8) is 0 Å². The topological polar surface area (TPSA) is 45.1 Å². The van der Waals surface area contributed by atoms with Gasteiger partial charge < -0.3 is 10.4 Å². The van der Waals surface area contributed by atoms with E-state index < -0.39 is 0 Å². The normalized spacial score (nSPS) is 18.1. The van der Waals surface area contributed by atoms with Crippen molar-refractivity contribution in [1.82, 2.24) is 10.3 Å². The van der Waals surface area contributed by atoms with E-state index in [2.05, 4.69) is 26.1 Å². The maximum atomic E-state index is 9.52. The van der Waals surface area contributed by atoms with Crippen molar-refractivity contribution in [2.75, 3.05) is 6.61 Å². The SMILES string of the molecule is CC(C)CCC(CO)NC(C)c1nc2c(s1)CCCC2. The summed E-state index contributed by atoms with van der Waals surface area (Å²) in [5.74, 6) is 0.688. The van der Waals surface area contributed by atoms with Gasteiger partial charge in [-0.1, -0.05) is 13.8 Å². The number of aliphatic hydroxyl groups excluding tert-OH is 1. The van der Waals surface area contributed by atoms with E-state index >= 15 is 0 Å². The minimum atomic E-state index is 0.188. The lowest BCUT2D eigenvalue weighted by molar-refractivity contribution is 0.220. The number of nitrogens with zero attached hydrogens (tertiary/aromatic N) is 1. The van der Waals surface area contributed by atoms with Crippen LogP contribution in [0.15, 0.2) is 0 Å². The molecule has 1 aromatic rings. The van der Waals surface area contributed by atoms with Crippen LogP contribution in [0.2, 0.25) is 0 Å². The first-order chi connectivity index (χ1) is 9.60. The Morgan fingerprint density at radius 3 is 2.60 bits per heavy atom. The minimum Gasteiger partial charge on any atom is -0.395 e. The van der Waals surface area contributed by atoms with E-state index in [1.807, 2.05) is 11.3 Å². The van der Waals surface area contributed by atoms with Crippen molar-refractivity contribution in [3.05, 3.63) is 15.6 Å². The lowest BCUT2D eigenvalue weighted by Gasteiger charge is -2.21. The second kappa shape index (κ2) is 7.53. The first kappa shape index (κ1) is 15.9. The van der Waals surface area contributed by atoms with Crippen molar-refractivity contribution in [1.29, 1.82) is 0 Å². The highest BCUT2D eigenvalue weighted by Gasteiger charge is 2.20. The second-order valence-electron chi connectivity index (χ2n) is 6.37. The van der Waals surface area contributed by atoms with Gasteiger partial charge in [0.1, 0.15) is 5.01 Å². The highest BCUT2D eigenvalue weighted by atomic mass is 32.1. The quantitative estimate of drug-likeness (QED) is 0.810. The second-order valence-corrected chi connectivity index (χ2v) is 7.48. The molecule has 1 aliphatic carbocycles. The Labute approximate surface area is 126 Å². The molecular weight excluding hydrogens is 268 g/mol. The number of thiazole rings is 1. The van der Waals surface area contributed by atoms with Crippen LogP contribution in [0.25, 0.3) is 0 Å².